The van der Waals surface area contributed by atoms with E-state index in [9.17, 15) is 4.79 Å². The molecule has 2 heterocycles. The highest BCUT2D eigenvalue weighted by atomic mass is 79.9. The van der Waals surface area contributed by atoms with Crippen molar-refractivity contribution in [3.8, 4) is 0 Å². The molecule has 1 aromatic carbocycles. The van der Waals surface area contributed by atoms with Gasteiger partial charge in [0, 0.05) is 23.2 Å². The van der Waals surface area contributed by atoms with E-state index in [2.05, 4.69) is 21.2 Å². The molecular formula is C15H16BrNO2S. The van der Waals surface area contributed by atoms with Gasteiger partial charge in [-0.3, -0.25) is 4.79 Å². The second-order valence-corrected chi connectivity index (χ2v) is 6.77. The first kappa shape index (κ1) is 14.0. The molecule has 106 valence electrons. The van der Waals surface area contributed by atoms with E-state index in [-0.39, 0.29) is 11.4 Å². The molecule has 1 fully saturated rings. The van der Waals surface area contributed by atoms with Crippen LogP contribution in [0.25, 0.3) is 10.1 Å². The highest BCUT2D eigenvalue weighted by Crippen LogP contribution is 2.28. The fraction of sp³-hybridized carbons (Fsp3) is 0.400. The summed E-state index contributed by atoms with van der Waals surface area (Å²) in [6, 6.07) is 10.0. The van der Waals surface area contributed by atoms with Crippen LogP contribution < -0.4 is 5.32 Å². The van der Waals surface area contributed by atoms with Gasteiger partial charge < -0.3 is 10.1 Å². The summed E-state index contributed by atoms with van der Waals surface area (Å²) in [5.41, 5.74) is -0.175. The molecule has 1 aromatic heterocycles. The van der Waals surface area contributed by atoms with Crippen LogP contribution in [0.3, 0.4) is 0 Å². The lowest BCUT2D eigenvalue weighted by atomic mass is 9.92. The topological polar surface area (TPSA) is 38.3 Å². The van der Waals surface area contributed by atoms with Gasteiger partial charge >= 0.3 is 0 Å². The first-order chi connectivity index (χ1) is 9.72. The summed E-state index contributed by atoms with van der Waals surface area (Å²) < 4.78 is 6.54. The highest BCUT2D eigenvalue weighted by Gasteiger charge is 2.33. The number of halogens is 1. The van der Waals surface area contributed by atoms with E-state index in [1.807, 2.05) is 30.3 Å². The Morgan fingerprint density at radius 1 is 1.35 bits per heavy atom. The first-order valence-corrected chi connectivity index (χ1v) is 8.61. The maximum Gasteiger partial charge on any atom is 0.261 e. The van der Waals surface area contributed by atoms with E-state index in [0.29, 0.717) is 13.2 Å². The number of nitrogens with one attached hydrogen (secondary N) is 1. The lowest BCUT2D eigenvalue weighted by Gasteiger charge is -2.36. The number of alkyl halides is 1. The van der Waals surface area contributed by atoms with Crippen molar-refractivity contribution < 1.29 is 9.53 Å². The molecule has 1 N–H and O–H groups in total. The van der Waals surface area contributed by atoms with Crippen LogP contribution in [0.4, 0.5) is 0 Å². The summed E-state index contributed by atoms with van der Waals surface area (Å²) in [6.45, 7) is 1.41. The molecule has 3 nitrogen and oxygen atoms in total. The Morgan fingerprint density at radius 2 is 2.10 bits per heavy atom. The van der Waals surface area contributed by atoms with Gasteiger partial charge in [-0.2, -0.15) is 0 Å². The minimum atomic E-state index is -0.175. The van der Waals surface area contributed by atoms with Crippen molar-refractivity contribution in [2.45, 2.75) is 18.4 Å². The van der Waals surface area contributed by atoms with Gasteiger partial charge in [-0.05, 0) is 30.4 Å². The molecule has 1 saturated heterocycles. The van der Waals surface area contributed by atoms with Gasteiger partial charge in [0.2, 0.25) is 0 Å². The Bertz CT molecular complexity index is 586. The van der Waals surface area contributed by atoms with E-state index >= 15 is 0 Å². The van der Waals surface area contributed by atoms with Crippen molar-refractivity contribution in [3.63, 3.8) is 0 Å². The SMILES string of the molecule is O=C(NC1(CBr)CCOCC1)c1cc2ccccc2s1. The van der Waals surface area contributed by atoms with Crippen molar-refractivity contribution in [1.29, 1.82) is 0 Å². The summed E-state index contributed by atoms with van der Waals surface area (Å²) in [4.78, 5) is 13.3. The summed E-state index contributed by atoms with van der Waals surface area (Å²) in [6.07, 6.45) is 1.71. The third-order valence-electron chi connectivity index (χ3n) is 3.73. The van der Waals surface area contributed by atoms with Crippen LogP contribution in [-0.2, 0) is 4.74 Å². The second-order valence-electron chi connectivity index (χ2n) is 5.13. The quantitative estimate of drug-likeness (QED) is 0.856. The van der Waals surface area contributed by atoms with Crippen molar-refractivity contribution in [2.24, 2.45) is 0 Å². The van der Waals surface area contributed by atoms with Crippen molar-refractivity contribution in [1.82, 2.24) is 5.32 Å². The third-order valence-corrected chi connectivity index (χ3v) is 5.92. The van der Waals surface area contributed by atoms with Crippen molar-refractivity contribution in [3.05, 3.63) is 35.2 Å². The maximum atomic E-state index is 12.5. The third kappa shape index (κ3) is 2.75. The molecule has 20 heavy (non-hydrogen) atoms. The van der Waals surface area contributed by atoms with Gasteiger partial charge in [-0.1, -0.05) is 34.1 Å². The molecule has 0 unspecified atom stereocenters. The summed E-state index contributed by atoms with van der Waals surface area (Å²) in [5.74, 6) is 0.0209. The van der Waals surface area contributed by atoms with E-state index < -0.39 is 0 Å². The number of hydrogen-bond acceptors (Lipinski definition) is 3. The standard InChI is InChI=1S/C15H16BrNO2S/c16-10-15(5-7-19-8-6-15)17-14(18)13-9-11-3-1-2-4-12(11)20-13/h1-4,9H,5-8,10H2,(H,17,18). The van der Waals surface area contributed by atoms with E-state index in [1.165, 1.54) is 0 Å². The predicted molar refractivity (Wildman–Crippen MR) is 85.9 cm³/mol. The molecule has 1 aliphatic rings. The zero-order valence-corrected chi connectivity index (χ0v) is 13.4. The second kappa shape index (κ2) is 5.84. The number of fused-ring (bicyclic) bond motifs is 1. The van der Waals surface area contributed by atoms with Crippen LogP contribution in [-0.4, -0.2) is 30.0 Å². The van der Waals surface area contributed by atoms with Crippen LogP contribution >= 0.6 is 27.3 Å². The molecule has 2 aromatic rings. The molecule has 0 radical (unpaired) electrons. The Kier molecular flexibility index (Phi) is 4.10. The zero-order valence-electron chi connectivity index (χ0n) is 11.0. The van der Waals surface area contributed by atoms with Crippen LogP contribution in [0.2, 0.25) is 0 Å². The molecule has 0 bridgehead atoms. The molecule has 0 atom stereocenters. The number of rotatable bonds is 3. The Balaban J connectivity index is 1.81. The average Bonchev–Trinajstić information content (AvgIpc) is 2.92. The molecule has 0 aliphatic carbocycles. The number of hydrogen-bond donors (Lipinski definition) is 1. The Labute approximate surface area is 130 Å². The first-order valence-electron chi connectivity index (χ1n) is 6.67. The number of benzene rings is 1. The number of amides is 1. The Hall–Kier alpha value is -0.910. The average molecular weight is 354 g/mol. The monoisotopic (exact) mass is 353 g/mol. The molecule has 3 rings (SSSR count). The fourth-order valence-electron chi connectivity index (χ4n) is 2.45. The molecule has 0 saturated carbocycles. The lowest BCUT2D eigenvalue weighted by Crippen LogP contribution is -2.53. The van der Waals surface area contributed by atoms with Crippen LogP contribution in [0.1, 0.15) is 22.5 Å². The van der Waals surface area contributed by atoms with Gasteiger partial charge in [0.15, 0.2) is 0 Å². The highest BCUT2D eigenvalue weighted by molar-refractivity contribution is 9.09. The van der Waals surface area contributed by atoms with E-state index in [0.717, 1.165) is 33.1 Å². The summed E-state index contributed by atoms with van der Waals surface area (Å²) in [7, 11) is 0. The predicted octanol–water partition coefficient (Wildman–Crippen LogP) is 3.58. The molecule has 1 aliphatic heterocycles. The number of ether oxygens (including phenoxy) is 1. The van der Waals surface area contributed by atoms with E-state index in [4.69, 9.17) is 4.74 Å². The van der Waals surface area contributed by atoms with Gasteiger partial charge in [0.25, 0.3) is 5.91 Å². The largest absolute Gasteiger partial charge is 0.381 e. The summed E-state index contributed by atoms with van der Waals surface area (Å²) >= 11 is 5.08. The zero-order chi connectivity index (χ0) is 14.0. The maximum absolute atomic E-state index is 12.5. The molecule has 1 amide bonds. The number of carbonyl (C=O) groups excluding carboxylic acids is 1. The fourth-order valence-corrected chi connectivity index (χ4v) is 4.11. The molecule has 0 spiro atoms. The summed E-state index contributed by atoms with van der Waals surface area (Å²) in [5, 5.41) is 5.10. The van der Waals surface area contributed by atoms with Crippen molar-refractivity contribution in [2.75, 3.05) is 18.5 Å². The van der Waals surface area contributed by atoms with Gasteiger partial charge in [-0.25, -0.2) is 0 Å². The number of thiophene rings is 1. The molecular weight excluding hydrogens is 338 g/mol. The Morgan fingerprint density at radius 3 is 2.80 bits per heavy atom. The van der Waals surface area contributed by atoms with Crippen molar-refractivity contribution >= 4 is 43.3 Å². The van der Waals surface area contributed by atoms with Crippen LogP contribution in [0.5, 0.6) is 0 Å². The van der Waals surface area contributed by atoms with Gasteiger partial charge in [0.1, 0.15) is 0 Å². The van der Waals surface area contributed by atoms with E-state index in [1.54, 1.807) is 11.3 Å². The minimum Gasteiger partial charge on any atom is -0.381 e. The van der Waals surface area contributed by atoms with Gasteiger partial charge in [0.05, 0.1) is 10.4 Å². The lowest BCUT2D eigenvalue weighted by molar-refractivity contribution is 0.0443. The normalized spacial score (nSPS) is 18.1. The molecule has 5 heteroatoms. The van der Waals surface area contributed by atoms with Crippen LogP contribution in [0.15, 0.2) is 30.3 Å². The smallest absolute Gasteiger partial charge is 0.261 e. The number of carbonyl (C=O) groups is 1. The minimum absolute atomic E-state index is 0.0209. The van der Waals surface area contributed by atoms with Crippen LogP contribution in [0, 0.1) is 0 Å². The van der Waals surface area contributed by atoms with Gasteiger partial charge in [-0.15, -0.1) is 11.3 Å².